The summed E-state index contributed by atoms with van der Waals surface area (Å²) < 4.78 is 7.52. The molecule has 0 amide bonds. The second-order valence-corrected chi connectivity index (χ2v) is 7.36. The van der Waals surface area contributed by atoms with Gasteiger partial charge in [-0.25, -0.2) is 4.98 Å². The van der Waals surface area contributed by atoms with E-state index in [1.54, 1.807) is 7.11 Å². The molecule has 0 bridgehead atoms. The van der Waals surface area contributed by atoms with E-state index in [0.29, 0.717) is 6.04 Å². The average molecular weight is 387 g/mol. The Hall–Kier alpha value is -2.12. The van der Waals surface area contributed by atoms with Gasteiger partial charge in [0.1, 0.15) is 5.82 Å². The number of ether oxygens (including phenoxy) is 1. The Bertz CT molecular complexity index is 771. The SMILES string of the molecule is CN=C(NCCCn1c(C)nc2ccccc21)NCC1CCCN1CCOC. The fourth-order valence-electron chi connectivity index (χ4n) is 3.99. The van der Waals surface area contributed by atoms with Gasteiger partial charge in [0, 0.05) is 46.4 Å². The maximum Gasteiger partial charge on any atom is 0.191 e. The minimum absolute atomic E-state index is 0.564. The summed E-state index contributed by atoms with van der Waals surface area (Å²) in [6.45, 7) is 7.80. The lowest BCUT2D eigenvalue weighted by molar-refractivity contribution is 0.141. The Morgan fingerprint density at radius 3 is 2.96 bits per heavy atom. The number of likely N-dealkylation sites (tertiary alicyclic amines) is 1. The van der Waals surface area contributed by atoms with Crippen LogP contribution in [0.2, 0.25) is 0 Å². The van der Waals surface area contributed by atoms with E-state index in [0.717, 1.165) is 56.5 Å². The normalized spacial score (nSPS) is 18.1. The third kappa shape index (κ3) is 5.23. The maximum atomic E-state index is 5.23. The highest BCUT2D eigenvalue weighted by atomic mass is 16.5. The van der Waals surface area contributed by atoms with Gasteiger partial charge in [0.05, 0.1) is 17.6 Å². The number of rotatable bonds is 9. The molecule has 3 rings (SSSR count). The first kappa shape index (κ1) is 20.6. The Kier molecular flexibility index (Phi) is 7.68. The minimum atomic E-state index is 0.564. The molecule has 1 aromatic heterocycles. The van der Waals surface area contributed by atoms with Crippen molar-refractivity contribution in [3.63, 3.8) is 0 Å². The van der Waals surface area contributed by atoms with Crippen LogP contribution in [0.3, 0.4) is 0 Å². The molecule has 0 spiro atoms. The summed E-state index contributed by atoms with van der Waals surface area (Å²) in [5.74, 6) is 1.95. The fourth-order valence-corrected chi connectivity index (χ4v) is 3.99. The number of methoxy groups -OCH3 is 1. The highest BCUT2D eigenvalue weighted by molar-refractivity contribution is 5.79. The predicted molar refractivity (Wildman–Crippen MR) is 115 cm³/mol. The van der Waals surface area contributed by atoms with Gasteiger partial charge in [-0.05, 0) is 44.9 Å². The van der Waals surface area contributed by atoms with Crippen molar-refractivity contribution in [2.24, 2.45) is 4.99 Å². The number of para-hydroxylation sites is 2. The first-order valence-electron chi connectivity index (χ1n) is 10.3. The van der Waals surface area contributed by atoms with Gasteiger partial charge in [-0.3, -0.25) is 9.89 Å². The summed E-state index contributed by atoms with van der Waals surface area (Å²) in [6, 6.07) is 8.88. The number of fused-ring (bicyclic) bond motifs is 1. The minimum Gasteiger partial charge on any atom is -0.383 e. The quantitative estimate of drug-likeness (QED) is 0.392. The van der Waals surface area contributed by atoms with Crippen LogP contribution in [0.15, 0.2) is 29.3 Å². The molecule has 7 nitrogen and oxygen atoms in total. The maximum absolute atomic E-state index is 5.23. The van der Waals surface area contributed by atoms with E-state index >= 15 is 0 Å². The Labute approximate surface area is 168 Å². The number of aliphatic imine (C=N–C) groups is 1. The van der Waals surface area contributed by atoms with E-state index in [-0.39, 0.29) is 0 Å². The molecule has 154 valence electrons. The van der Waals surface area contributed by atoms with Gasteiger partial charge < -0.3 is 19.9 Å². The largest absolute Gasteiger partial charge is 0.383 e. The van der Waals surface area contributed by atoms with Crippen LogP contribution >= 0.6 is 0 Å². The molecule has 28 heavy (non-hydrogen) atoms. The summed E-state index contributed by atoms with van der Waals surface area (Å²) in [7, 11) is 3.60. The van der Waals surface area contributed by atoms with Crippen molar-refractivity contribution in [1.29, 1.82) is 0 Å². The summed E-state index contributed by atoms with van der Waals surface area (Å²) in [4.78, 5) is 11.5. The smallest absolute Gasteiger partial charge is 0.191 e. The molecule has 0 radical (unpaired) electrons. The van der Waals surface area contributed by atoms with E-state index in [1.807, 2.05) is 13.1 Å². The number of aryl methyl sites for hydroxylation is 2. The second kappa shape index (κ2) is 10.4. The van der Waals surface area contributed by atoms with Crippen molar-refractivity contribution in [1.82, 2.24) is 25.1 Å². The molecule has 1 unspecified atom stereocenters. The highest BCUT2D eigenvalue weighted by Crippen LogP contribution is 2.16. The van der Waals surface area contributed by atoms with Crippen LogP contribution in [0.5, 0.6) is 0 Å². The number of guanidine groups is 1. The summed E-state index contributed by atoms with van der Waals surface area (Å²) in [5, 5.41) is 6.93. The average Bonchev–Trinajstić information content (AvgIpc) is 3.29. The summed E-state index contributed by atoms with van der Waals surface area (Å²) >= 11 is 0. The monoisotopic (exact) mass is 386 g/mol. The lowest BCUT2D eigenvalue weighted by Gasteiger charge is -2.25. The second-order valence-electron chi connectivity index (χ2n) is 7.36. The molecule has 1 aliphatic heterocycles. The zero-order valence-corrected chi connectivity index (χ0v) is 17.4. The number of imidazole rings is 1. The van der Waals surface area contributed by atoms with Gasteiger partial charge in [0.25, 0.3) is 0 Å². The van der Waals surface area contributed by atoms with E-state index < -0.39 is 0 Å². The lowest BCUT2D eigenvalue weighted by Crippen LogP contribution is -2.45. The van der Waals surface area contributed by atoms with Gasteiger partial charge in [-0.1, -0.05) is 12.1 Å². The standard InChI is InChI=1S/C21H34N6O/c1-17-25-19-9-4-5-10-20(19)27(17)13-7-11-23-21(22-2)24-16-18-8-6-12-26(18)14-15-28-3/h4-5,9-10,18H,6-8,11-16H2,1-3H3,(H2,22,23,24). The summed E-state index contributed by atoms with van der Waals surface area (Å²) in [5.41, 5.74) is 2.28. The Morgan fingerprint density at radius 2 is 2.14 bits per heavy atom. The number of hydrogen-bond donors (Lipinski definition) is 2. The van der Waals surface area contributed by atoms with E-state index in [1.165, 1.54) is 24.9 Å². The van der Waals surface area contributed by atoms with Crippen molar-refractivity contribution >= 4 is 17.0 Å². The topological polar surface area (TPSA) is 66.7 Å². The van der Waals surface area contributed by atoms with Crippen molar-refractivity contribution in [2.45, 2.75) is 38.8 Å². The molecule has 1 atom stereocenters. The van der Waals surface area contributed by atoms with E-state index in [9.17, 15) is 0 Å². The molecule has 1 saturated heterocycles. The number of nitrogens with one attached hydrogen (secondary N) is 2. The van der Waals surface area contributed by atoms with Gasteiger partial charge in [-0.2, -0.15) is 0 Å². The fraction of sp³-hybridized carbons (Fsp3) is 0.619. The molecule has 1 aliphatic rings. The molecule has 0 aliphatic carbocycles. The zero-order chi connectivity index (χ0) is 19.8. The molecule has 1 aromatic carbocycles. The molecular weight excluding hydrogens is 352 g/mol. The van der Waals surface area contributed by atoms with Crippen molar-refractivity contribution in [3.8, 4) is 0 Å². The van der Waals surface area contributed by atoms with Crippen LogP contribution in [0.4, 0.5) is 0 Å². The third-order valence-corrected chi connectivity index (χ3v) is 5.51. The molecule has 2 N–H and O–H groups in total. The van der Waals surface area contributed by atoms with Crippen LogP contribution in [-0.4, -0.2) is 73.4 Å². The summed E-state index contributed by atoms with van der Waals surface area (Å²) in [6.07, 6.45) is 3.52. The first-order chi connectivity index (χ1) is 13.7. The molecular formula is C21H34N6O. The van der Waals surface area contributed by atoms with Crippen LogP contribution in [0, 0.1) is 6.92 Å². The molecule has 0 saturated carbocycles. The zero-order valence-electron chi connectivity index (χ0n) is 17.4. The lowest BCUT2D eigenvalue weighted by atomic mass is 10.2. The van der Waals surface area contributed by atoms with E-state index in [4.69, 9.17) is 4.74 Å². The number of hydrogen-bond acceptors (Lipinski definition) is 4. The Balaban J connectivity index is 1.41. The molecule has 1 fully saturated rings. The number of aromatic nitrogens is 2. The molecule has 2 heterocycles. The number of benzene rings is 1. The third-order valence-electron chi connectivity index (χ3n) is 5.51. The van der Waals surface area contributed by atoms with E-state index in [2.05, 4.69) is 55.2 Å². The number of nitrogens with zero attached hydrogens (tertiary/aromatic N) is 4. The van der Waals surface area contributed by atoms with Crippen molar-refractivity contribution < 1.29 is 4.74 Å². The predicted octanol–water partition coefficient (Wildman–Crippen LogP) is 2.01. The molecule has 7 heteroatoms. The highest BCUT2D eigenvalue weighted by Gasteiger charge is 2.23. The first-order valence-corrected chi connectivity index (χ1v) is 10.3. The molecule has 2 aromatic rings. The van der Waals surface area contributed by atoms with Gasteiger partial charge in [0.15, 0.2) is 5.96 Å². The van der Waals surface area contributed by atoms with Crippen LogP contribution in [0.1, 0.15) is 25.1 Å². The Morgan fingerprint density at radius 1 is 1.29 bits per heavy atom. The van der Waals surface area contributed by atoms with Crippen LogP contribution in [0.25, 0.3) is 11.0 Å². The van der Waals surface area contributed by atoms with Gasteiger partial charge in [-0.15, -0.1) is 0 Å². The van der Waals surface area contributed by atoms with Crippen LogP contribution < -0.4 is 10.6 Å². The van der Waals surface area contributed by atoms with Gasteiger partial charge in [0.2, 0.25) is 0 Å². The van der Waals surface area contributed by atoms with Gasteiger partial charge >= 0.3 is 0 Å². The van der Waals surface area contributed by atoms with Crippen molar-refractivity contribution in [2.75, 3.05) is 46.9 Å². The van der Waals surface area contributed by atoms with Crippen LogP contribution in [-0.2, 0) is 11.3 Å². The van der Waals surface area contributed by atoms with Crippen molar-refractivity contribution in [3.05, 3.63) is 30.1 Å².